The van der Waals surface area contributed by atoms with Crippen molar-refractivity contribution in [1.82, 2.24) is 10.2 Å². The molecular formula is C23H42N2O4. The van der Waals surface area contributed by atoms with Crippen LogP contribution < -0.4 is 5.32 Å². The van der Waals surface area contributed by atoms with Crippen LogP contribution >= 0.6 is 0 Å². The summed E-state index contributed by atoms with van der Waals surface area (Å²) in [5.41, 5.74) is -0.958. The monoisotopic (exact) mass is 410 g/mol. The fraction of sp³-hybridized carbons (Fsp3) is 0.913. The average Bonchev–Trinajstić information content (AvgIpc) is 2.92. The molecule has 0 aromatic carbocycles. The third kappa shape index (κ3) is 5.65. The van der Waals surface area contributed by atoms with Crippen molar-refractivity contribution < 1.29 is 19.4 Å². The second-order valence-corrected chi connectivity index (χ2v) is 11.7. The standard InChI is InChI=1S/C23H42N2O4/c1-21(2,3)18(24-20(28)29-22(4,5)6)19(27)25-13-16(12-17(25)14-26)23(7,8)15-10-9-11-15/h15-18,26H,9-14H2,1-8H3,(H,24,28)/t16?,17?,18-/m1/s1. The van der Waals surface area contributed by atoms with Crippen LogP contribution in [-0.2, 0) is 9.53 Å². The summed E-state index contributed by atoms with van der Waals surface area (Å²) in [5, 5.41) is 12.8. The molecule has 6 heteroatoms. The number of nitrogens with zero attached hydrogens (tertiary/aromatic N) is 1. The molecule has 0 spiro atoms. The summed E-state index contributed by atoms with van der Waals surface area (Å²) in [6, 6.07) is -0.908. The third-order valence-electron chi connectivity index (χ3n) is 6.89. The number of carbonyl (C=O) groups is 2. The Morgan fingerprint density at radius 3 is 2.07 bits per heavy atom. The molecule has 0 bridgehead atoms. The number of amides is 2. The minimum atomic E-state index is -0.711. The molecule has 29 heavy (non-hydrogen) atoms. The van der Waals surface area contributed by atoms with Crippen LogP contribution in [0.4, 0.5) is 4.79 Å². The van der Waals surface area contributed by atoms with Gasteiger partial charge in [-0.05, 0) is 62.7 Å². The Morgan fingerprint density at radius 1 is 1.07 bits per heavy atom. The van der Waals surface area contributed by atoms with Gasteiger partial charge >= 0.3 is 6.09 Å². The lowest BCUT2D eigenvalue weighted by atomic mass is 9.61. The largest absolute Gasteiger partial charge is 0.444 e. The van der Waals surface area contributed by atoms with Gasteiger partial charge in [0.25, 0.3) is 0 Å². The summed E-state index contributed by atoms with van der Waals surface area (Å²) >= 11 is 0. The molecule has 2 fully saturated rings. The van der Waals surface area contributed by atoms with E-state index in [2.05, 4.69) is 19.2 Å². The Labute approximate surface area is 176 Å². The zero-order valence-electron chi connectivity index (χ0n) is 19.7. The van der Waals surface area contributed by atoms with E-state index in [1.165, 1.54) is 19.3 Å². The molecule has 1 aliphatic carbocycles. The second kappa shape index (κ2) is 8.44. The molecule has 168 valence electrons. The summed E-state index contributed by atoms with van der Waals surface area (Å²) in [4.78, 5) is 27.7. The number of aliphatic hydroxyl groups is 1. The molecule has 0 aromatic heterocycles. The minimum Gasteiger partial charge on any atom is -0.444 e. The van der Waals surface area contributed by atoms with E-state index in [4.69, 9.17) is 4.74 Å². The highest BCUT2D eigenvalue weighted by Crippen LogP contribution is 2.50. The smallest absolute Gasteiger partial charge is 0.408 e. The van der Waals surface area contributed by atoms with Crippen LogP contribution in [0.2, 0.25) is 0 Å². The summed E-state index contributed by atoms with van der Waals surface area (Å²) in [6.07, 6.45) is 4.03. The first kappa shape index (κ1) is 24.0. The highest BCUT2D eigenvalue weighted by Gasteiger charge is 2.48. The van der Waals surface area contributed by atoms with E-state index >= 15 is 0 Å². The summed E-state index contributed by atoms with van der Waals surface area (Å²) in [6.45, 7) is 16.4. The van der Waals surface area contributed by atoms with Crippen molar-refractivity contribution in [3.63, 3.8) is 0 Å². The molecule has 1 saturated heterocycles. The maximum Gasteiger partial charge on any atom is 0.408 e. The van der Waals surface area contributed by atoms with E-state index in [0.29, 0.717) is 18.4 Å². The van der Waals surface area contributed by atoms with Crippen LogP contribution in [0.25, 0.3) is 0 Å². The van der Waals surface area contributed by atoms with Gasteiger partial charge in [0, 0.05) is 6.54 Å². The van der Waals surface area contributed by atoms with Gasteiger partial charge in [-0.1, -0.05) is 41.0 Å². The first-order valence-electron chi connectivity index (χ1n) is 11.1. The van der Waals surface area contributed by atoms with Crippen LogP contribution in [-0.4, -0.2) is 52.8 Å². The van der Waals surface area contributed by atoms with Gasteiger partial charge in [0.15, 0.2) is 0 Å². The van der Waals surface area contributed by atoms with Crippen molar-refractivity contribution in [1.29, 1.82) is 0 Å². The van der Waals surface area contributed by atoms with Crippen molar-refractivity contribution >= 4 is 12.0 Å². The molecule has 0 aromatic rings. The van der Waals surface area contributed by atoms with Gasteiger partial charge in [-0.3, -0.25) is 4.79 Å². The van der Waals surface area contributed by atoms with Gasteiger partial charge in [-0.15, -0.1) is 0 Å². The Hall–Kier alpha value is -1.30. The normalized spacial score (nSPS) is 24.8. The highest BCUT2D eigenvalue weighted by molar-refractivity contribution is 5.87. The Balaban J connectivity index is 2.17. The van der Waals surface area contributed by atoms with Gasteiger partial charge in [0.1, 0.15) is 11.6 Å². The quantitative estimate of drug-likeness (QED) is 0.719. The molecule has 2 unspecified atom stereocenters. The van der Waals surface area contributed by atoms with E-state index in [1.807, 2.05) is 20.8 Å². The number of hydrogen-bond donors (Lipinski definition) is 2. The number of likely N-dealkylation sites (tertiary alicyclic amines) is 1. The maximum atomic E-state index is 13.5. The summed E-state index contributed by atoms with van der Waals surface area (Å²) in [7, 11) is 0. The number of hydrogen-bond acceptors (Lipinski definition) is 4. The van der Waals surface area contributed by atoms with Crippen molar-refractivity contribution in [2.75, 3.05) is 13.2 Å². The van der Waals surface area contributed by atoms with Crippen LogP contribution in [0.3, 0.4) is 0 Å². The Kier molecular flexibility index (Phi) is 6.98. The number of alkyl carbamates (subject to hydrolysis) is 1. The van der Waals surface area contributed by atoms with E-state index in [0.717, 1.165) is 6.42 Å². The lowest BCUT2D eigenvalue weighted by Crippen LogP contribution is -2.57. The topological polar surface area (TPSA) is 78.9 Å². The highest BCUT2D eigenvalue weighted by atomic mass is 16.6. The number of aliphatic hydroxyl groups excluding tert-OH is 1. The average molecular weight is 411 g/mol. The van der Waals surface area contributed by atoms with Gasteiger partial charge in [0.2, 0.25) is 5.91 Å². The minimum absolute atomic E-state index is 0.0493. The molecule has 2 N–H and O–H groups in total. The number of rotatable bonds is 5. The molecule has 2 amide bonds. The van der Waals surface area contributed by atoms with Gasteiger partial charge < -0.3 is 20.1 Å². The second-order valence-electron chi connectivity index (χ2n) is 11.7. The van der Waals surface area contributed by atoms with Crippen LogP contribution in [0.15, 0.2) is 0 Å². The zero-order chi connectivity index (χ0) is 22.2. The van der Waals surface area contributed by atoms with Crippen molar-refractivity contribution in [2.24, 2.45) is 22.7 Å². The molecule has 1 aliphatic heterocycles. The molecule has 2 aliphatic rings. The lowest BCUT2D eigenvalue weighted by Gasteiger charge is -2.44. The van der Waals surface area contributed by atoms with E-state index in [-0.39, 0.29) is 24.0 Å². The van der Waals surface area contributed by atoms with Crippen LogP contribution in [0.5, 0.6) is 0 Å². The maximum absolute atomic E-state index is 13.5. The van der Waals surface area contributed by atoms with Crippen molar-refractivity contribution in [2.45, 2.75) is 98.8 Å². The van der Waals surface area contributed by atoms with Crippen LogP contribution in [0, 0.1) is 22.7 Å². The Bertz CT molecular complexity index is 599. The Morgan fingerprint density at radius 2 is 1.66 bits per heavy atom. The first-order chi connectivity index (χ1) is 13.2. The van der Waals surface area contributed by atoms with Crippen LogP contribution in [0.1, 0.15) is 81.1 Å². The van der Waals surface area contributed by atoms with Gasteiger partial charge in [0.05, 0.1) is 12.6 Å². The third-order valence-corrected chi connectivity index (χ3v) is 6.89. The molecular weight excluding hydrogens is 368 g/mol. The fourth-order valence-electron chi connectivity index (χ4n) is 4.62. The molecule has 1 heterocycles. The molecule has 1 saturated carbocycles. The number of ether oxygens (including phenoxy) is 1. The van der Waals surface area contributed by atoms with E-state index in [9.17, 15) is 14.7 Å². The van der Waals surface area contributed by atoms with E-state index < -0.39 is 23.2 Å². The van der Waals surface area contributed by atoms with Gasteiger partial charge in [-0.2, -0.15) is 0 Å². The van der Waals surface area contributed by atoms with Gasteiger partial charge in [-0.25, -0.2) is 4.79 Å². The molecule has 2 rings (SSSR count). The lowest BCUT2D eigenvalue weighted by molar-refractivity contribution is -0.138. The van der Waals surface area contributed by atoms with E-state index in [1.54, 1.807) is 25.7 Å². The first-order valence-corrected chi connectivity index (χ1v) is 11.1. The molecule has 6 nitrogen and oxygen atoms in total. The fourth-order valence-corrected chi connectivity index (χ4v) is 4.62. The van der Waals surface area contributed by atoms with Crippen molar-refractivity contribution in [3.05, 3.63) is 0 Å². The zero-order valence-corrected chi connectivity index (χ0v) is 19.7. The predicted molar refractivity (Wildman–Crippen MR) is 114 cm³/mol. The van der Waals surface area contributed by atoms with Crippen molar-refractivity contribution in [3.8, 4) is 0 Å². The molecule has 0 radical (unpaired) electrons. The number of nitrogens with one attached hydrogen (secondary N) is 1. The SMILES string of the molecule is CC(C)(C)OC(=O)N[C@H](C(=O)N1CC(C(C)(C)C2CCC2)CC1CO)C(C)(C)C. The summed E-state index contributed by atoms with van der Waals surface area (Å²) < 4.78 is 5.39. The summed E-state index contributed by atoms with van der Waals surface area (Å²) in [5.74, 6) is 0.922. The predicted octanol–water partition coefficient (Wildman–Crippen LogP) is 3.96. The molecule has 3 atom stereocenters. The number of carbonyl (C=O) groups excluding carboxylic acids is 2.